The second kappa shape index (κ2) is 3.07. The van der Waals surface area contributed by atoms with Crippen LogP contribution in [0.25, 0.3) is 0 Å². The lowest BCUT2D eigenvalue weighted by molar-refractivity contribution is -0.0301. The lowest BCUT2D eigenvalue weighted by atomic mass is 10.1. The molecule has 4 heteroatoms. The van der Waals surface area contributed by atoms with Gasteiger partial charge < -0.3 is 10.1 Å². The average Bonchev–Trinajstić information content (AvgIpc) is 2.43. The van der Waals surface area contributed by atoms with E-state index in [4.69, 9.17) is 4.74 Å². The Kier molecular flexibility index (Phi) is 1.85. The molecule has 0 saturated carbocycles. The van der Waals surface area contributed by atoms with Gasteiger partial charge in [0.15, 0.2) is 0 Å². The lowest BCUT2D eigenvalue weighted by Crippen LogP contribution is -2.34. The van der Waals surface area contributed by atoms with E-state index in [0.29, 0.717) is 6.04 Å². The second-order valence-corrected chi connectivity index (χ2v) is 4.07. The van der Waals surface area contributed by atoms with E-state index < -0.39 is 0 Å². The number of hydrogen-bond donors (Lipinski definition) is 1. The van der Waals surface area contributed by atoms with Gasteiger partial charge in [-0.15, -0.1) is 0 Å². The maximum absolute atomic E-state index is 5.21. The molecule has 76 valence electrons. The van der Waals surface area contributed by atoms with Crippen LogP contribution in [-0.4, -0.2) is 29.5 Å². The molecule has 0 spiro atoms. The zero-order valence-electron chi connectivity index (χ0n) is 8.42. The molecule has 1 aromatic rings. The van der Waals surface area contributed by atoms with Crippen LogP contribution in [0.15, 0.2) is 0 Å². The van der Waals surface area contributed by atoms with E-state index in [1.165, 1.54) is 17.0 Å². The normalized spacial score (nSPS) is 21.8. The Balaban J connectivity index is 2.02. The summed E-state index contributed by atoms with van der Waals surface area (Å²) in [7, 11) is 0. The van der Waals surface area contributed by atoms with Crippen LogP contribution in [0.3, 0.4) is 0 Å². The first-order valence-electron chi connectivity index (χ1n) is 5.21. The molecule has 1 fully saturated rings. The number of aryl methyl sites for hydroxylation is 1. The van der Waals surface area contributed by atoms with Crippen LogP contribution in [-0.2, 0) is 17.7 Å². The number of nitrogens with one attached hydrogen (secondary N) is 1. The summed E-state index contributed by atoms with van der Waals surface area (Å²) in [5.41, 5.74) is 4.03. The van der Waals surface area contributed by atoms with Gasteiger partial charge in [-0.2, -0.15) is 5.10 Å². The molecule has 14 heavy (non-hydrogen) atoms. The van der Waals surface area contributed by atoms with Gasteiger partial charge in [0, 0.05) is 6.54 Å². The molecule has 4 nitrogen and oxygen atoms in total. The number of rotatable bonds is 1. The van der Waals surface area contributed by atoms with Crippen molar-refractivity contribution < 1.29 is 4.74 Å². The van der Waals surface area contributed by atoms with Crippen molar-refractivity contribution in [2.45, 2.75) is 25.9 Å². The first-order chi connectivity index (χ1) is 6.86. The summed E-state index contributed by atoms with van der Waals surface area (Å²) in [6.45, 7) is 5.81. The second-order valence-electron chi connectivity index (χ2n) is 4.07. The predicted octanol–water partition coefficient (Wildman–Crippen LogP) is 0.409. The Morgan fingerprint density at radius 3 is 3.07 bits per heavy atom. The van der Waals surface area contributed by atoms with Crippen molar-refractivity contribution in [3.05, 3.63) is 17.0 Å². The minimum Gasteiger partial charge on any atom is -0.377 e. The molecule has 0 aliphatic carbocycles. The smallest absolute Gasteiger partial charge is 0.0989 e. The van der Waals surface area contributed by atoms with Crippen LogP contribution in [0.4, 0.5) is 0 Å². The molecule has 3 heterocycles. The van der Waals surface area contributed by atoms with Crippen LogP contribution in [0.5, 0.6) is 0 Å². The Morgan fingerprint density at radius 1 is 1.50 bits per heavy atom. The molecule has 0 aromatic carbocycles. The van der Waals surface area contributed by atoms with Gasteiger partial charge in [-0.25, -0.2) is 0 Å². The number of ether oxygens (including phenoxy) is 1. The highest BCUT2D eigenvalue weighted by Crippen LogP contribution is 2.24. The highest BCUT2D eigenvalue weighted by molar-refractivity contribution is 5.28. The van der Waals surface area contributed by atoms with E-state index >= 15 is 0 Å². The highest BCUT2D eigenvalue weighted by atomic mass is 16.5. The van der Waals surface area contributed by atoms with Crippen LogP contribution in [0.2, 0.25) is 0 Å². The number of nitrogens with zero attached hydrogens (tertiary/aromatic N) is 2. The number of fused-ring (bicyclic) bond motifs is 1. The Bertz CT molecular complexity index is 354. The van der Waals surface area contributed by atoms with Gasteiger partial charge in [0.05, 0.1) is 30.6 Å². The third-order valence-corrected chi connectivity index (χ3v) is 3.13. The standard InChI is InChI=1S/C10H15N3O/c1-7-9-2-3-11-4-10(9)13(12-7)8-5-14-6-8/h8,11H,2-6H2,1H3. The van der Waals surface area contributed by atoms with E-state index in [9.17, 15) is 0 Å². The lowest BCUT2D eigenvalue weighted by Gasteiger charge is -2.28. The van der Waals surface area contributed by atoms with E-state index in [0.717, 1.165) is 32.7 Å². The molecule has 1 saturated heterocycles. The molecule has 1 aromatic heterocycles. The van der Waals surface area contributed by atoms with E-state index in [1.54, 1.807) is 0 Å². The first-order valence-corrected chi connectivity index (χ1v) is 5.21. The van der Waals surface area contributed by atoms with Crippen molar-refractivity contribution in [1.29, 1.82) is 0 Å². The zero-order chi connectivity index (χ0) is 9.54. The summed E-state index contributed by atoms with van der Waals surface area (Å²) in [5, 5.41) is 8.01. The summed E-state index contributed by atoms with van der Waals surface area (Å²) in [6.07, 6.45) is 1.12. The van der Waals surface area contributed by atoms with Gasteiger partial charge in [0.25, 0.3) is 0 Å². The van der Waals surface area contributed by atoms with Gasteiger partial charge in [-0.1, -0.05) is 0 Å². The van der Waals surface area contributed by atoms with Crippen molar-refractivity contribution in [1.82, 2.24) is 15.1 Å². The summed E-state index contributed by atoms with van der Waals surface area (Å²) in [6, 6.07) is 0.484. The van der Waals surface area contributed by atoms with Crippen molar-refractivity contribution in [2.24, 2.45) is 0 Å². The molecule has 1 N–H and O–H groups in total. The Labute approximate surface area is 83.2 Å². The monoisotopic (exact) mass is 193 g/mol. The molecule has 3 rings (SSSR count). The Morgan fingerprint density at radius 2 is 2.36 bits per heavy atom. The van der Waals surface area contributed by atoms with Gasteiger partial charge in [-0.05, 0) is 25.5 Å². The van der Waals surface area contributed by atoms with Crippen LogP contribution in [0, 0.1) is 6.92 Å². The highest BCUT2D eigenvalue weighted by Gasteiger charge is 2.27. The molecule has 0 radical (unpaired) electrons. The molecule has 0 atom stereocenters. The molecule has 0 unspecified atom stereocenters. The maximum Gasteiger partial charge on any atom is 0.0989 e. The largest absolute Gasteiger partial charge is 0.377 e. The van der Waals surface area contributed by atoms with Gasteiger partial charge >= 0.3 is 0 Å². The maximum atomic E-state index is 5.21. The van der Waals surface area contributed by atoms with E-state index in [-0.39, 0.29) is 0 Å². The molecular weight excluding hydrogens is 178 g/mol. The quantitative estimate of drug-likeness (QED) is 0.702. The number of hydrogen-bond acceptors (Lipinski definition) is 3. The van der Waals surface area contributed by atoms with Crippen LogP contribution >= 0.6 is 0 Å². The van der Waals surface area contributed by atoms with Gasteiger partial charge in [-0.3, -0.25) is 4.68 Å². The minimum absolute atomic E-state index is 0.484. The van der Waals surface area contributed by atoms with Crippen LogP contribution in [0.1, 0.15) is 23.0 Å². The topological polar surface area (TPSA) is 39.1 Å². The zero-order valence-corrected chi connectivity index (χ0v) is 8.42. The van der Waals surface area contributed by atoms with Crippen molar-refractivity contribution >= 4 is 0 Å². The van der Waals surface area contributed by atoms with Crippen molar-refractivity contribution in [3.8, 4) is 0 Å². The first kappa shape index (κ1) is 8.44. The molecular formula is C10H15N3O. The fraction of sp³-hybridized carbons (Fsp3) is 0.700. The summed E-state index contributed by atoms with van der Waals surface area (Å²) < 4.78 is 7.38. The van der Waals surface area contributed by atoms with Crippen LogP contribution < -0.4 is 5.32 Å². The molecule has 0 bridgehead atoms. The fourth-order valence-electron chi connectivity index (χ4n) is 2.23. The number of aromatic nitrogens is 2. The summed E-state index contributed by atoms with van der Waals surface area (Å²) >= 11 is 0. The average molecular weight is 193 g/mol. The SMILES string of the molecule is Cc1nn(C2COC2)c2c1CCNC2. The van der Waals surface area contributed by atoms with Gasteiger partial charge in [0.2, 0.25) is 0 Å². The van der Waals surface area contributed by atoms with Gasteiger partial charge in [0.1, 0.15) is 0 Å². The fourth-order valence-corrected chi connectivity index (χ4v) is 2.23. The third-order valence-electron chi connectivity index (χ3n) is 3.13. The molecule has 2 aliphatic heterocycles. The summed E-state index contributed by atoms with van der Waals surface area (Å²) in [4.78, 5) is 0. The summed E-state index contributed by atoms with van der Waals surface area (Å²) in [5.74, 6) is 0. The third kappa shape index (κ3) is 1.11. The minimum atomic E-state index is 0.484. The van der Waals surface area contributed by atoms with E-state index in [2.05, 4.69) is 22.0 Å². The van der Waals surface area contributed by atoms with Crippen molar-refractivity contribution in [2.75, 3.05) is 19.8 Å². The predicted molar refractivity (Wildman–Crippen MR) is 52.2 cm³/mol. The van der Waals surface area contributed by atoms with E-state index in [1.807, 2.05) is 0 Å². The molecule has 0 amide bonds. The van der Waals surface area contributed by atoms with Crippen molar-refractivity contribution in [3.63, 3.8) is 0 Å². The molecule has 2 aliphatic rings. The Hall–Kier alpha value is -0.870.